The van der Waals surface area contributed by atoms with Gasteiger partial charge < -0.3 is 0 Å². The van der Waals surface area contributed by atoms with Crippen LogP contribution < -0.4 is 0 Å². The molecule has 0 saturated carbocycles. The number of rotatable bonds is 0. The number of allylic oxidation sites excluding steroid dienone is 4. The standard InChI is InChI=1S/C15H22O/c1-10-8-11(2)15(5)12(9-10)14(3,4)7-6-13(15)16/h6-8,11-12H,9H2,1-5H3/t11-,12-,15-/m1/s1. The maximum atomic E-state index is 12.2. The van der Waals surface area contributed by atoms with Crippen LogP contribution >= 0.6 is 0 Å². The van der Waals surface area contributed by atoms with E-state index < -0.39 is 0 Å². The van der Waals surface area contributed by atoms with Gasteiger partial charge in [-0.05, 0) is 36.7 Å². The lowest BCUT2D eigenvalue weighted by atomic mass is 9.51. The van der Waals surface area contributed by atoms with E-state index in [4.69, 9.17) is 0 Å². The van der Waals surface area contributed by atoms with E-state index in [1.165, 1.54) is 5.57 Å². The van der Waals surface area contributed by atoms with Gasteiger partial charge in [0, 0.05) is 5.41 Å². The van der Waals surface area contributed by atoms with Crippen molar-refractivity contribution in [2.75, 3.05) is 0 Å². The van der Waals surface area contributed by atoms with E-state index in [1.807, 2.05) is 6.08 Å². The summed E-state index contributed by atoms with van der Waals surface area (Å²) in [5.41, 5.74) is 1.37. The minimum Gasteiger partial charge on any atom is -0.294 e. The molecule has 1 heteroatoms. The van der Waals surface area contributed by atoms with Gasteiger partial charge in [0.2, 0.25) is 0 Å². The predicted octanol–water partition coefficient (Wildman–Crippen LogP) is 3.76. The number of carbonyl (C=O) groups excluding carboxylic acids is 1. The van der Waals surface area contributed by atoms with E-state index >= 15 is 0 Å². The summed E-state index contributed by atoms with van der Waals surface area (Å²) in [7, 11) is 0. The fraction of sp³-hybridized carbons (Fsp3) is 0.667. The van der Waals surface area contributed by atoms with Crippen molar-refractivity contribution in [1.29, 1.82) is 0 Å². The van der Waals surface area contributed by atoms with E-state index in [2.05, 4.69) is 46.8 Å². The monoisotopic (exact) mass is 218 g/mol. The molecule has 0 spiro atoms. The van der Waals surface area contributed by atoms with Crippen LogP contribution in [0.3, 0.4) is 0 Å². The van der Waals surface area contributed by atoms with Crippen molar-refractivity contribution < 1.29 is 4.79 Å². The van der Waals surface area contributed by atoms with Crippen molar-refractivity contribution in [3.05, 3.63) is 23.8 Å². The minimum atomic E-state index is -0.197. The minimum absolute atomic E-state index is 0.131. The van der Waals surface area contributed by atoms with E-state index in [0.717, 1.165) is 6.42 Å². The molecule has 2 aliphatic rings. The topological polar surface area (TPSA) is 17.1 Å². The number of ketones is 1. The molecular formula is C15H22O. The Morgan fingerprint density at radius 1 is 1.31 bits per heavy atom. The predicted molar refractivity (Wildman–Crippen MR) is 67.1 cm³/mol. The van der Waals surface area contributed by atoms with Gasteiger partial charge in [0.15, 0.2) is 5.78 Å². The average Bonchev–Trinajstić information content (AvgIpc) is 2.18. The second-order valence-corrected chi connectivity index (χ2v) is 6.36. The molecule has 2 aliphatic carbocycles. The Labute approximate surface area is 98.6 Å². The lowest BCUT2D eigenvalue weighted by Gasteiger charge is -2.51. The third kappa shape index (κ3) is 1.41. The van der Waals surface area contributed by atoms with Gasteiger partial charge in [-0.25, -0.2) is 0 Å². The molecule has 0 unspecified atom stereocenters. The van der Waals surface area contributed by atoms with Crippen LogP contribution in [-0.2, 0) is 4.79 Å². The second-order valence-electron chi connectivity index (χ2n) is 6.36. The molecule has 1 nitrogen and oxygen atoms in total. The van der Waals surface area contributed by atoms with E-state index in [9.17, 15) is 4.79 Å². The van der Waals surface area contributed by atoms with Crippen LogP contribution in [0.2, 0.25) is 0 Å². The Balaban J connectivity index is 2.55. The fourth-order valence-electron chi connectivity index (χ4n) is 3.54. The van der Waals surface area contributed by atoms with Crippen molar-refractivity contribution in [3.8, 4) is 0 Å². The normalized spacial score (nSPS) is 41.6. The summed E-state index contributed by atoms with van der Waals surface area (Å²) in [6, 6.07) is 0. The molecular weight excluding hydrogens is 196 g/mol. The Bertz CT molecular complexity index is 386. The molecule has 2 rings (SSSR count). The smallest absolute Gasteiger partial charge is 0.162 e. The van der Waals surface area contributed by atoms with Crippen LogP contribution in [0, 0.1) is 22.7 Å². The maximum absolute atomic E-state index is 12.2. The highest BCUT2D eigenvalue weighted by atomic mass is 16.1. The van der Waals surface area contributed by atoms with E-state index in [-0.39, 0.29) is 10.8 Å². The highest BCUT2D eigenvalue weighted by Gasteiger charge is 2.52. The quantitative estimate of drug-likeness (QED) is 0.566. The van der Waals surface area contributed by atoms with Gasteiger partial charge in [0.05, 0.1) is 0 Å². The van der Waals surface area contributed by atoms with Gasteiger partial charge in [0.1, 0.15) is 0 Å². The van der Waals surface area contributed by atoms with Crippen LogP contribution in [0.5, 0.6) is 0 Å². The lowest BCUT2D eigenvalue weighted by Crippen LogP contribution is -2.50. The molecule has 0 heterocycles. The lowest BCUT2D eigenvalue weighted by molar-refractivity contribution is -0.133. The zero-order valence-corrected chi connectivity index (χ0v) is 11.0. The fourth-order valence-corrected chi connectivity index (χ4v) is 3.54. The van der Waals surface area contributed by atoms with Gasteiger partial charge in [0.25, 0.3) is 0 Å². The molecule has 0 aromatic carbocycles. The summed E-state index contributed by atoms with van der Waals surface area (Å²) in [5.74, 6) is 1.11. The first-order valence-corrected chi connectivity index (χ1v) is 6.19. The molecule has 0 amide bonds. The maximum Gasteiger partial charge on any atom is 0.162 e. The molecule has 0 fully saturated rings. The van der Waals surface area contributed by atoms with Gasteiger partial charge in [-0.3, -0.25) is 4.79 Å². The largest absolute Gasteiger partial charge is 0.294 e. The van der Waals surface area contributed by atoms with Gasteiger partial charge >= 0.3 is 0 Å². The molecule has 0 N–H and O–H groups in total. The number of carbonyl (C=O) groups is 1. The Kier molecular flexibility index (Phi) is 2.41. The third-order valence-electron chi connectivity index (χ3n) is 4.82. The first-order chi connectivity index (χ1) is 7.28. The average molecular weight is 218 g/mol. The Hall–Kier alpha value is -0.850. The number of hydrogen-bond acceptors (Lipinski definition) is 1. The summed E-state index contributed by atoms with van der Waals surface area (Å²) in [6.45, 7) is 11.0. The first-order valence-electron chi connectivity index (χ1n) is 6.19. The molecule has 16 heavy (non-hydrogen) atoms. The van der Waals surface area contributed by atoms with Crippen LogP contribution in [0.4, 0.5) is 0 Å². The Morgan fingerprint density at radius 2 is 1.94 bits per heavy atom. The molecule has 0 aromatic rings. The van der Waals surface area contributed by atoms with Crippen molar-refractivity contribution in [2.45, 2.75) is 41.0 Å². The zero-order chi connectivity index (χ0) is 12.1. The molecule has 3 atom stereocenters. The van der Waals surface area contributed by atoms with Crippen molar-refractivity contribution in [3.63, 3.8) is 0 Å². The summed E-state index contributed by atoms with van der Waals surface area (Å²) in [4.78, 5) is 12.2. The number of fused-ring (bicyclic) bond motifs is 1. The third-order valence-corrected chi connectivity index (χ3v) is 4.82. The molecule has 0 bridgehead atoms. The van der Waals surface area contributed by atoms with Gasteiger partial charge in [-0.1, -0.05) is 45.4 Å². The van der Waals surface area contributed by atoms with Crippen molar-refractivity contribution >= 4 is 5.78 Å². The van der Waals surface area contributed by atoms with E-state index in [1.54, 1.807) is 0 Å². The molecule has 0 aromatic heterocycles. The highest BCUT2D eigenvalue weighted by molar-refractivity contribution is 5.96. The zero-order valence-electron chi connectivity index (χ0n) is 11.0. The van der Waals surface area contributed by atoms with E-state index in [0.29, 0.717) is 17.6 Å². The summed E-state index contributed by atoms with van der Waals surface area (Å²) in [5, 5.41) is 0. The van der Waals surface area contributed by atoms with Crippen molar-refractivity contribution in [1.82, 2.24) is 0 Å². The second kappa shape index (κ2) is 3.32. The van der Waals surface area contributed by atoms with Crippen LogP contribution in [0.15, 0.2) is 23.8 Å². The first kappa shape index (κ1) is 11.6. The van der Waals surface area contributed by atoms with Gasteiger partial charge in [-0.2, -0.15) is 0 Å². The van der Waals surface area contributed by atoms with Crippen LogP contribution in [0.1, 0.15) is 41.0 Å². The van der Waals surface area contributed by atoms with Crippen LogP contribution in [-0.4, -0.2) is 5.78 Å². The van der Waals surface area contributed by atoms with Crippen LogP contribution in [0.25, 0.3) is 0 Å². The molecule has 0 radical (unpaired) electrons. The molecule has 0 saturated heterocycles. The number of hydrogen-bond donors (Lipinski definition) is 0. The Morgan fingerprint density at radius 3 is 2.56 bits per heavy atom. The van der Waals surface area contributed by atoms with Gasteiger partial charge in [-0.15, -0.1) is 0 Å². The molecule has 88 valence electrons. The summed E-state index contributed by atoms with van der Waals surface area (Å²) >= 11 is 0. The molecule has 0 aliphatic heterocycles. The summed E-state index contributed by atoms with van der Waals surface area (Å²) < 4.78 is 0. The SMILES string of the molecule is CC1=C[C@@H](C)[C@@]2(C)C(=O)C=CC(C)(C)[C@H]2C1. The summed E-state index contributed by atoms with van der Waals surface area (Å²) in [6.07, 6.45) is 7.25. The van der Waals surface area contributed by atoms with Crippen molar-refractivity contribution in [2.24, 2.45) is 22.7 Å². The highest BCUT2D eigenvalue weighted by Crippen LogP contribution is 2.55.